The zero-order valence-electron chi connectivity index (χ0n) is 12.2. The van der Waals surface area contributed by atoms with Crippen LogP contribution in [0.25, 0.3) is 11.0 Å². The Kier molecular flexibility index (Phi) is 4.45. The van der Waals surface area contributed by atoms with Crippen LogP contribution in [0.3, 0.4) is 0 Å². The number of para-hydroxylation sites is 1. The molecule has 20 heavy (non-hydrogen) atoms. The summed E-state index contributed by atoms with van der Waals surface area (Å²) in [6, 6.07) is 7.45. The van der Waals surface area contributed by atoms with E-state index < -0.39 is 12.0 Å². The fraction of sp³-hybridized carbons (Fsp3) is 0.438. The molecular formula is C16H21NO3. The van der Waals surface area contributed by atoms with Crippen molar-refractivity contribution < 1.29 is 14.3 Å². The van der Waals surface area contributed by atoms with Gasteiger partial charge in [0.15, 0.2) is 0 Å². The minimum Gasteiger partial charge on any atom is -0.480 e. The summed E-state index contributed by atoms with van der Waals surface area (Å²) in [6.45, 7) is 4.53. The lowest BCUT2D eigenvalue weighted by atomic mass is 10.1. The molecule has 1 aromatic carbocycles. The average molecular weight is 275 g/mol. The molecule has 0 saturated carbocycles. The monoisotopic (exact) mass is 275 g/mol. The van der Waals surface area contributed by atoms with Crippen LogP contribution in [0.4, 0.5) is 0 Å². The van der Waals surface area contributed by atoms with E-state index in [1.54, 1.807) is 0 Å². The molecule has 0 radical (unpaired) electrons. The third-order valence-electron chi connectivity index (χ3n) is 3.71. The van der Waals surface area contributed by atoms with Gasteiger partial charge < -0.3 is 9.52 Å². The number of carbonyl (C=O) groups is 1. The maximum Gasteiger partial charge on any atom is 0.320 e. The Morgan fingerprint density at radius 1 is 1.35 bits per heavy atom. The first-order valence-corrected chi connectivity index (χ1v) is 7.00. The number of hydrogen-bond donors (Lipinski definition) is 1. The van der Waals surface area contributed by atoms with E-state index in [4.69, 9.17) is 4.42 Å². The van der Waals surface area contributed by atoms with Gasteiger partial charge in [-0.15, -0.1) is 0 Å². The van der Waals surface area contributed by atoms with Gasteiger partial charge in [0.25, 0.3) is 0 Å². The Labute approximate surface area is 119 Å². The highest BCUT2D eigenvalue weighted by Crippen LogP contribution is 2.27. The lowest BCUT2D eigenvalue weighted by molar-refractivity contribution is -0.143. The smallest absolute Gasteiger partial charge is 0.320 e. The quantitative estimate of drug-likeness (QED) is 0.879. The van der Waals surface area contributed by atoms with Crippen LogP contribution < -0.4 is 0 Å². The number of aliphatic carboxylic acids is 1. The van der Waals surface area contributed by atoms with Gasteiger partial charge in [0.05, 0.1) is 0 Å². The van der Waals surface area contributed by atoms with Gasteiger partial charge in [-0.05, 0) is 19.5 Å². The number of carboxylic acid groups (broad SMARTS) is 1. The van der Waals surface area contributed by atoms with E-state index in [9.17, 15) is 9.90 Å². The molecule has 1 N–H and O–H groups in total. The third-order valence-corrected chi connectivity index (χ3v) is 3.71. The topological polar surface area (TPSA) is 53.7 Å². The van der Waals surface area contributed by atoms with Crippen LogP contribution in [0.2, 0.25) is 0 Å². The lowest BCUT2D eigenvalue weighted by Crippen LogP contribution is -2.37. The highest BCUT2D eigenvalue weighted by molar-refractivity contribution is 5.82. The van der Waals surface area contributed by atoms with Gasteiger partial charge in [0, 0.05) is 23.9 Å². The van der Waals surface area contributed by atoms with Crippen LogP contribution in [0, 0.1) is 0 Å². The predicted octanol–water partition coefficient (Wildman–Crippen LogP) is 3.29. The Hall–Kier alpha value is -1.81. The van der Waals surface area contributed by atoms with E-state index in [-0.39, 0.29) is 0 Å². The molecule has 0 aliphatic rings. The second-order valence-electron chi connectivity index (χ2n) is 5.03. The molecule has 0 aliphatic heterocycles. The summed E-state index contributed by atoms with van der Waals surface area (Å²) in [4.78, 5) is 13.1. The van der Waals surface area contributed by atoms with Gasteiger partial charge in [-0.2, -0.15) is 0 Å². The zero-order valence-corrected chi connectivity index (χ0v) is 12.2. The molecule has 1 aromatic heterocycles. The van der Waals surface area contributed by atoms with Crippen molar-refractivity contribution in [2.24, 2.45) is 0 Å². The fourth-order valence-corrected chi connectivity index (χ4v) is 2.64. The molecule has 0 unspecified atom stereocenters. The van der Waals surface area contributed by atoms with Crippen molar-refractivity contribution in [3.8, 4) is 0 Å². The minimum absolute atomic E-state index is 0.464. The molecule has 0 fully saturated rings. The zero-order chi connectivity index (χ0) is 14.7. The second kappa shape index (κ2) is 6.09. The summed E-state index contributed by atoms with van der Waals surface area (Å²) in [5.74, 6) is 0.166. The summed E-state index contributed by atoms with van der Waals surface area (Å²) in [6.07, 6.45) is 1.39. The molecule has 0 amide bonds. The third kappa shape index (κ3) is 2.70. The molecule has 0 saturated heterocycles. The van der Waals surface area contributed by atoms with E-state index in [0.29, 0.717) is 13.0 Å². The molecule has 0 aliphatic carbocycles. The maximum atomic E-state index is 11.3. The van der Waals surface area contributed by atoms with Crippen molar-refractivity contribution >= 4 is 16.9 Å². The standard InChI is InChI=1S/C16H21NO3/c1-4-13(16(18)19)17(3)10-12-11-8-6-7-9-15(11)20-14(12)5-2/h6-9,13H,4-5,10H2,1-3H3,(H,18,19)/t13-/m1/s1. The average Bonchev–Trinajstić information content (AvgIpc) is 2.77. The minimum atomic E-state index is -0.777. The summed E-state index contributed by atoms with van der Waals surface area (Å²) in [5, 5.41) is 10.3. The van der Waals surface area contributed by atoms with Crippen LogP contribution in [0.1, 0.15) is 31.6 Å². The Balaban J connectivity index is 2.35. The van der Waals surface area contributed by atoms with Gasteiger partial charge in [-0.25, -0.2) is 0 Å². The number of carboxylic acids is 1. The van der Waals surface area contributed by atoms with Crippen molar-refractivity contribution in [2.45, 2.75) is 39.3 Å². The molecular weight excluding hydrogens is 254 g/mol. The number of benzene rings is 1. The van der Waals surface area contributed by atoms with Crippen LogP contribution in [-0.4, -0.2) is 29.1 Å². The largest absolute Gasteiger partial charge is 0.480 e. The van der Waals surface area contributed by atoms with Crippen molar-refractivity contribution in [1.29, 1.82) is 0 Å². The summed E-state index contributed by atoms with van der Waals surface area (Å²) in [5.41, 5.74) is 1.97. The molecule has 0 spiro atoms. The van der Waals surface area contributed by atoms with Crippen molar-refractivity contribution in [3.05, 3.63) is 35.6 Å². The summed E-state index contributed by atoms with van der Waals surface area (Å²) >= 11 is 0. The first-order chi connectivity index (χ1) is 9.58. The molecule has 108 valence electrons. The fourth-order valence-electron chi connectivity index (χ4n) is 2.64. The number of fused-ring (bicyclic) bond motifs is 1. The van der Waals surface area contributed by atoms with Gasteiger partial charge in [-0.1, -0.05) is 32.0 Å². The molecule has 4 heteroatoms. The lowest BCUT2D eigenvalue weighted by Gasteiger charge is -2.23. The molecule has 4 nitrogen and oxygen atoms in total. The Morgan fingerprint density at radius 3 is 2.65 bits per heavy atom. The van der Waals surface area contributed by atoms with Gasteiger partial charge in [-0.3, -0.25) is 9.69 Å². The number of likely N-dealkylation sites (N-methyl/N-ethyl adjacent to an activating group) is 1. The van der Waals surface area contributed by atoms with Gasteiger partial charge >= 0.3 is 5.97 Å². The number of rotatable bonds is 6. The van der Waals surface area contributed by atoms with E-state index in [1.165, 1.54) is 0 Å². The molecule has 1 atom stereocenters. The normalized spacial score (nSPS) is 13.0. The van der Waals surface area contributed by atoms with Crippen molar-refractivity contribution in [2.75, 3.05) is 7.05 Å². The van der Waals surface area contributed by atoms with E-state index in [0.717, 1.165) is 28.7 Å². The van der Waals surface area contributed by atoms with Crippen LogP contribution in [-0.2, 0) is 17.8 Å². The highest BCUT2D eigenvalue weighted by atomic mass is 16.4. The SMILES string of the molecule is CCc1oc2ccccc2c1CN(C)[C@H](CC)C(=O)O. The Morgan fingerprint density at radius 2 is 2.05 bits per heavy atom. The molecule has 0 bridgehead atoms. The van der Waals surface area contributed by atoms with E-state index >= 15 is 0 Å². The van der Waals surface area contributed by atoms with Crippen molar-refractivity contribution in [1.82, 2.24) is 4.90 Å². The number of hydrogen-bond acceptors (Lipinski definition) is 3. The van der Waals surface area contributed by atoms with Gasteiger partial charge in [0.1, 0.15) is 17.4 Å². The van der Waals surface area contributed by atoms with Gasteiger partial charge in [0.2, 0.25) is 0 Å². The summed E-state index contributed by atoms with van der Waals surface area (Å²) < 4.78 is 5.85. The predicted molar refractivity (Wildman–Crippen MR) is 78.8 cm³/mol. The maximum absolute atomic E-state index is 11.3. The van der Waals surface area contributed by atoms with Crippen LogP contribution >= 0.6 is 0 Å². The first-order valence-electron chi connectivity index (χ1n) is 7.00. The number of aryl methyl sites for hydroxylation is 1. The molecule has 1 heterocycles. The second-order valence-corrected chi connectivity index (χ2v) is 5.03. The molecule has 2 aromatic rings. The first kappa shape index (κ1) is 14.6. The number of nitrogens with zero attached hydrogens (tertiary/aromatic N) is 1. The molecule has 2 rings (SSSR count). The van der Waals surface area contributed by atoms with Crippen molar-refractivity contribution in [3.63, 3.8) is 0 Å². The van der Waals surface area contributed by atoms with E-state index in [1.807, 2.05) is 43.1 Å². The number of furan rings is 1. The van der Waals surface area contributed by atoms with Crippen LogP contribution in [0.15, 0.2) is 28.7 Å². The van der Waals surface area contributed by atoms with Crippen LogP contribution in [0.5, 0.6) is 0 Å². The highest BCUT2D eigenvalue weighted by Gasteiger charge is 2.23. The van der Waals surface area contributed by atoms with E-state index in [2.05, 4.69) is 6.92 Å². The summed E-state index contributed by atoms with van der Waals surface area (Å²) in [7, 11) is 1.85. The Bertz CT molecular complexity index is 603.